The van der Waals surface area contributed by atoms with Crippen molar-refractivity contribution in [3.8, 4) is 5.75 Å². The van der Waals surface area contributed by atoms with Crippen LogP contribution in [-0.4, -0.2) is 38.1 Å². The fourth-order valence-corrected chi connectivity index (χ4v) is 3.51. The Balaban J connectivity index is 1.45. The van der Waals surface area contributed by atoms with Crippen LogP contribution in [0.3, 0.4) is 0 Å². The average molecular weight is 381 g/mol. The van der Waals surface area contributed by atoms with E-state index < -0.39 is 0 Å². The summed E-state index contributed by atoms with van der Waals surface area (Å²) in [5.41, 5.74) is 3.81. The Kier molecular flexibility index (Phi) is 7.73. The lowest BCUT2D eigenvalue weighted by Gasteiger charge is -2.26. The molecule has 2 aromatic carbocycles. The van der Waals surface area contributed by atoms with E-state index in [-0.39, 0.29) is 0 Å². The molecule has 0 radical (unpaired) electrons. The van der Waals surface area contributed by atoms with Crippen LogP contribution in [-0.2, 0) is 19.6 Å². The van der Waals surface area contributed by atoms with Gasteiger partial charge >= 0.3 is 0 Å². The first kappa shape index (κ1) is 20.2. The van der Waals surface area contributed by atoms with Crippen LogP contribution >= 0.6 is 0 Å². The van der Waals surface area contributed by atoms with E-state index in [2.05, 4.69) is 50.9 Å². The van der Waals surface area contributed by atoms with Gasteiger partial charge in [-0.2, -0.15) is 0 Å². The molecule has 0 bridgehead atoms. The summed E-state index contributed by atoms with van der Waals surface area (Å²) in [6.45, 7) is 4.99. The number of hydrogen-bond acceptors (Lipinski definition) is 3. The number of rotatable bonds is 7. The summed E-state index contributed by atoms with van der Waals surface area (Å²) in [6, 6.07) is 17.0. The molecule has 3 rings (SSSR count). The van der Waals surface area contributed by atoms with E-state index in [0.717, 1.165) is 30.4 Å². The lowest BCUT2D eigenvalue weighted by molar-refractivity contribution is 0.221. The Morgan fingerprint density at radius 2 is 1.61 bits per heavy atom. The molecule has 0 aromatic heterocycles. The predicted octanol–water partition coefficient (Wildman–Crippen LogP) is 3.55. The first-order chi connectivity index (χ1) is 13.8. The second kappa shape index (κ2) is 10.7. The van der Waals surface area contributed by atoms with E-state index in [0.29, 0.717) is 6.54 Å². The van der Waals surface area contributed by atoms with Crippen LogP contribution in [0.5, 0.6) is 5.75 Å². The minimum atomic E-state index is 0.700. The van der Waals surface area contributed by atoms with Crippen molar-refractivity contribution in [2.24, 2.45) is 4.99 Å². The number of nitrogens with zero attached hydrogens (tertiary/aromatic N) is 2. The summed E-state index contributed by atoms with van der Waals surface area (Å²) < 4.78 is 5.27. The monoisotopic (exact) mass is 380 g/mol. The van der Waals surface area contributed by atoms with Crippen molar-refractivity contribution in [2.75, 3.05) is 27.2 Å². The molecule has 1 fully saturated rings. The van der Waals surface area contributed by atoms with Crippen molar-refractivity contribution < 1.29 is 4.74 Å². The van der Waals surface area contributed by atoms with Crippen molar-refractivity contribution in [1.82, 2.24) is 15.5 Å². The van der Waals surface area contributed by atoms with Crippen molar-refractivity contribution in [3.63, 3.8) is 0 Å². The van der Waals surface area contributed by atoms with E-state index in [1.807, 2.05) is 18.2 Å². The van der Waals surface area contributed by atoms with Gasteiger partial charge in [0.25, 0.3) is 0 Å². The molecular weight excluding hydrogens is 348 g/mol. The SMILES string of the molecule is CN=C(NCc1ccc(CN2CCCCC2)cc1)NCc1cccc(OC)c1. The minimum Gasteiger partial charge on any atom is -0.497 e. The second-order valence-electron chi connectivity index (χ2n) is 7.28. The molecule has 1 heterocycles. The number of likely N-dealkylation sites (tertiary alicyclic amines) is 1. The molecule has 1 aliphatic rings. The van der Waals surface area contributed by atoms with Gasteiger partial charge in [-0.25, -0.2) is 0 Å². The average Bonchev–Trinajstić information content (AvgIpc) is 2.76. The summed E-state index contributed by atoms with van der Waals surface area (Å²) in [5.74, 6) is 1.66. The minimum absolute atomic E-state index is 0.700. The van der Waals surface area contributed by atoms with Gasteiger partial charge in [0.2, 0.25) is 0 Å². The number of methoxy groups -OCH3 is 1. The standard InChI is InChI=1S/C23H32N4O/c1-24-23(26-17-21-7-6-8-22(15-21)28-2)25-16-19-9-11-20(12-10-19)18-27-13-4-3-5-14-27/h6-12,15H,3-5,13-14,16-18H2,1-2H3,(H2,24,25,26). The molecule has 1 saturated heterocycles. The molecule has 150 valence electrons. The van der Waals surface area contributed by atoms with Crippen LogP contribution < -0.4 is 15.4 Å². The molecule has 28 heavy (non-hydrogen) atoms. The quantitative estimate of drug-likeness (QED) is 0.570. The maximum atomic E-state index is 5.27. The van der Waals surface area contributed by atoms with E-state index in [1.54, 1.807) is 14.2 Å². The van der Waals surface area contributed by atoms with Gasteiger partial charge in [-0.15, -0.1) is 0 Å². The van der Waals surface area contributed by atoms with Crippen LogP contribution in [0.1, 0.15) is 36.0 Å². The summed E-state index contributed by atoms with van der Waals surface area (Å²) >= 11 is 0. The molecule has 2 N–H and O–H groups in total. The maximum absolute atomic E-state index is 5.27. The third-order valence-electron chi connectivity index (χ3n) is 5.16. The molecule has 5 heteroatoms. The number of piperidine rings is 1. The first-order valence-corrected chi connectivity index (χ1v) is 10.1. The van der Waals surface area contributed by atoms with Crippen LogP contribution in [0.2, 0.25) is 0 Å². The summed E-state index contributed by atoms with van der Waals surface area (Å²) in [5, 5.41) is 6.73. The lowest BCUT2D eigenvalue weighted by atomic mass is 10.1. The highest BCUT2D eigenvalue weighted by atomic mass is 16.5. The van der Waals surface area contributed by atoms with Crippen molar-refractivity contribution in [3.05, 3.63) is 65.2 Å². The van der Waals surface area contributed by atoms with Crippen molar-refractivity contribution in [1.29, 1.82) is 0 Å². The Hall–Kier alpha value is -2.53. The third kappa shape index (κ3) is 6.27. The number of benzene rings is 2. The van der Waals surface area contributed by atoms with E-state index >= 15 is 0 Å². The highest BCUT2D eigenvalue weighted by molar-refractivity contribution is 5.79. The van der Waals surface area contributed by atoms with Gasteiger partial charge < -0.3 is 15.4 Å². The van der Waals surface area contributed by atoms with Crippen molar-refractivity contribution >= 4 is 5.96 Å². The molecule has 0 aliphatic carbocycles. The highest BCUT2D eigenvalue weighted by Gasteiger charge is 2.10. The fraction of sp³-hybridized carbons (Fsp3) is 0.435. The Bertz CT molecular complexity index is 751. The van der Waals surface area contributed by atoms with Crippen molar-refractivity contribution in [2.45, 2.75) is 38.9 Å². The van der Waals surface area contributed by atoms with E-state index in [9.17, 15) is 0 Å². The maximum Gasteiger partial charge on any atom is 0.191 e. The summed E-state index contributed by atoms with van der Waals surface area (Å²) in [4.78, 5) is 6.87. The zero-order valence-electron chi connectivity index (χ0n) is 17.1. The highest BCUT2D eigenvalue weighted by Crippen LogP contribution is 2.14. The molecule has 0 saturated carbocycles. The van der Waals surface area contributed by atoms with E-state index in [4.69, 9.17) is 4.74 Å². The van der Waals surface area contributed by atoms with Crippen LogP contribution in [0.4, 0.5) is 0 Å². The lowest BCUT2D eigenvalue weighted by Crippen LogP contribution is -2.36. The van der Waals surface area contributed by atoms with Gasteiger partial charge in [0.15, 0.2) is 5.96 Å². The zero-order chi connectivity index (χ0) is 19.6. The molecule has 0 atom stereocenters. The Labute approximate surface area is 168 Å². The van der Waals surface area contributed by atoms with Crippen LogP contribution in [0.25, 0.3) is 0 Å². The largest absolute Gasteiger partial charge is 0.497 e. The molecule has 5 nitrogen and oxygen atoms in total. The number of ether oxygens (including phenoxy) is 1. The smallest absolute Gasteiger partial charge is 0.191 e. The summed E-state index contributed by atoms with van der Waals surface area (Å²) in [7, 11) is 3.48. The number of nitrogens with one attached hydrogen (secondary N) is 2. The number of hydrogen-bond donors (Lipinski definition) is 2. The molecule has 0 amide bonds. The fourth-order valence-electron chi connectivity index (χ4n) is 3.51. The topological polar surface area (TPSA) is 48.9 Å². The first-order valence-electron chi connectivity index (χ1n) is 10.1. The molecule has 0 unspecified atom stereocenters. The molecular formula is C23H32N4O. The molecule has 0 spiro atoms. The van der Waals surface area contributed by atoms with Gasteiger partial charge in [0.05, 0.1) is 7.11 Å². The van der Waals surface area contributed by atoms with Crippen LogP contribution in [0.15, 0.2) is 53.5 Å². The Morgan fingerprint density at radius 3 is 2.29 bits per heavy atom. The van der Waals surface area contributed by atoms with Gasteiger partial charge in [-0.3, -0.25) is 9.89 Å². The summed E-state index contributed by atoms with van der Waals surface area (Å²) in [6.07, 6.45) is 4.06. The number of guanidine groups is 1. The van der Waals surface area contributed by atoms with Gasteiger partial charge in [-0.05, 0) is 54.8 Å². The van der Waals surface area contributed by atoms with Gasteiger partial charge in [0, 0.05) is 26.7 Å². The van der Waals surface area contributed by atoms with Crippen LogP contribution in [0, 0.1) is 0 Å². The number of aliphatic imine (C=N–C) groups is 1. The molecule has 1 aliphatic heterocycles. The third-order valence-corrected chi connectivity index (χ3v) is 5.16. The zero-order valence-corrected chi connectivity index (χ0v) is 17.1. The van der Waals surface area contributed by atoms with E-state index in [1.165, 1.54) is 43.5 Å². The molecule has 2 aromatic rings. The predicted molar refractivity (Wildman–Crippen MR) is 116 cm³/mol. The van der Waals surface area contributed by atoms with Gasteiger partial charge in [0.1, 0.15) is 5.75 Å². The Morgan fingerprint density at radius 1 is 0.929 bits per heavy atom. The normalized spacial score (nSPS) is 15.3. The second-order valence-corrected chi connectivity index (χ2v) is 7.28. The van der Waals surface area contributed by atoms with Gasteiger partial charge in [-0.1, -0.05) is 42.8 Å².